The van der Waals surface area contributed by atoms with Crippen LogP contribution in [0.15, 0.2) is 23.1 Å². The smallest absolute Gasteiger partial charge is 0.240 e. The maximum atomic E-state index is 12.2. The first-order valence-electron chi connectivity index (χ1n) is 6.33. The van der Waals surface area contributed by atoms with Crippen molar-refractivity contribution in [2.75, 3.05) is 26.7 Å². The number of benzene rings is 1. The third kappa shape index (κ3) is 3.69. The Hall–Kier alpha value is -0.620. The van der Waals surface area contributed by atoms with Gasteiger partial charge in [0.05, 0.1) is 4.90 Å². The lowest BCUT2D eigenvalue weighted by Gasteiger charge is -2.12. The summed E-state index contributed by atoms with van der Waals surface area (Å²) in [7, 11) is -1.41. The van der Waals surface area contributed by atoms with E-state index in [4.69, 9.17) is 11.6 Å². The van der Waals surface area contributed by atoms with Crippen molar-refractivity contribution in [1.29, 1.82) is 0 Å². The van der Waals surface area contributed by atoms with Crippen molar-refractivity contribution in [3.63, 3.8) is 0 Å². The van der Waals surface area contributed by atoms with E-state index in [1.165, 1.54) is 6.07 Å². The summed E-state index contributed by atoms with van der Waals surface area (Å²) in [5, 5.41) is 0.475. The van der Waals surface area contributed by atoms with E-state index in [0.717, 1.165) is 25.1 Å². The molecule has 0 saturated carbocycles. The van der Waals surface area contributed by atoms with Gasteiger partial charge < -0.3 is 4.90 Å². The summed E-state index contributed by atoms with van der Waals surface area (Å²) >= 11 is 5.97. The Labute approximate surface area is 119 Å². The lowest BCUT2D eigenvalue weighted by molar-refractivity contribution is 0.394. The van der Waals surface area contributed by atoms with Gasteiger partial charge in [0.2, 0.25) is 10.0 Å². The number of sulfonamides is 1. The molecule has 1 unspecified atom stereocenters. The highest BCUT2D eigenvalue weighted by atomic mass is 35.5. The van der Waals surface area contributed by atoms with Gasteiger partial charge in [-0.05, 0) is 50.6 Å². The summed E-state index contributed by atoms with van der Waals surface area (Å²) in [5.74, 6) is 0.390. The minimum Gasteiger partial charge on any atom is -0.306 e. The number of likely N-dealkylation sites (tertiary alicyclic amines) is 1. The second kappa shape index (κ2) is 5.79. The van der Waals surface area contributed by atoms with Crippen LogP contribution in [-0.4, -0.2) is 40.0 Å². The highest BCUT2D eigenvalue weighted by molar-refractivity contribution is 7.89. The molecular weight excluding hydrogens is 284 g/mol. The minimum atomic E-state index is -3.46. The molecule has 6 heteroatoms. The summed E-state index contributed by atoms with van der Waals surface area (Å²) in [5.41, 5.74) is 0.873. The van der Waals surface area contributed by atoms with Crippen molar-refractivity contribution in [3.8, 4) is 0 Å². The highest BCUT2D eigenvalue weighted by Gasteiger charge is 2.22. The van der Waals surface area contributed by atoms with Gasteiger partial charge in [-0.2, -0.15) is 0 Å². The summed E-state index contributed by atoms with van der Waals surface area (Å²) in [6.07, 6.45) is 1.04. The van der Waals surface area contributed by atoms with Gasteiger partial charge in [-0.25, -0.2) is 13.1 Å². The average molecular weight is 303 g/mol. The van der Waals surface area contributed by atoms with Crippen molar-refractivity contribution in [3.05, 3.63) is 28.8 Å². The topological polar surface area (TPSA) is 49.4 Å². The van der Waals surface area contributed by atoms with Crippen LogP contribution in [0.3, 0.4) is 0 Å². The van der Waals surface area contributed by atoms with E-state index in [1.807, 2.05) is 14.0 Å². The van der Waals surface area contributed by atoms with Crippen molar-refractivity contribution in [2.45, 2.75) is 18.2 Å². The van der Waals surface area contributed by atoms with Crippen LogP contribution in [0.2, 0.25) is 5.02 Å². The van der Waals surface area contributed by atoms with Crippen LogP contribution < -0.4 is 4.72 Å². The van der Waals surface area contributed by atoms with Gasteiger partial charge in [0, 0.05) is 18.1 Å². The number of hydrogen-bond donors (Lipinski definition) is 1. The minimum absolute atomic E-state index is 0.231. The lowest BCUT2D eigenvalue weighted by atomic mass is 10.1. The number of halogens is 1. The normalized spacial score (nSPS) is 20.9. The van der Waals surface area contributed by atoms with Crippen LogP contribution in [0, 0.1) is 12.8 Å². The fourth-order valence-corrected chi connectivity index (χ4v) is 3.63. The standard InChI is InChI=1S/C13H19ClN2O2S/c1-10-3-4-12(7-13(10)14)19(17,18)15-8-11-5-6-16(2)9-11/h3-4,7,11,15H,5-6,8-9H2,1-2H3. The molecule has 0 aliphatic carbocycles. The number of rotatable bonds is 4. The Morgan fingerprint density at radius 2 is 2.21 bits per heavy atom. The fraction of sp³-hybridized carbons (Fsp3) is 0.538. The van der Waals surface area contributed by atoms with Crippen LogP contribution >= 0.6 is 11.6 Å². The quantitative estimate of drug-likeness (QED) is 0.924. The molecule has 1 aromatic carbocycles. The molecule has 0 aromatic heterocycles. The van der Waals surface area contributed by atoms with E-state index in [2.05, 4.69) is 9.62 Å². The first-order chi connectivity index (χ1) is 8.88. The molecule has 1 N–H and O–H groups in total. The lowest BCUT2D eigenvalue weighted by Crippen LogP contribution is -2.30. The van der Waals surface area contributed by atoms with Crippen LogP contribution in [-0.2, 0) is 10.0 Å². The third-order valence-electron chi connectivity index (χ3n) is 3.50. The van der Waals surface area contributed by atoms with Crippen LogP contribution in [0.25, 0.3) is 0 Å². The predicted molar refractivity (Wildman–Crippen MR) is 77.0 cm³/mol. The van der Waals surface area contributed by atoms with E-state index in [0.29, 0.717) is 17.5 Å². The molecule has 0 spiro atoms. The van der Waals surface area contributed by atoms with Crippen molar-refractivity contribution in [1.82, 2.24) is 9.62 Å². The first kappa shape index (κ1) is 14.8. The molecule has 1 aromatic rings. The molecule has 1 aliphatic heterocycles. The molecule has 1 heterocycles. The molecule has 0 amide bonds. The Kier molecular flexibility index (Phi) is 4.50. The van der Waals surface area contributed by atoms with Gasteiger partial charge in [-0.3, -0.25) is 0 Å². The number of nitrogens with zero attached hydrogens (tertiary/aromatic N) is 1. The summed E-state index contributed by atoms with van der Waals surface area (Å²) in [6, 6.07) is 4.81. The molecule has 106 valence electrons. The number of aryl methyl sites for hydroxylation is 1. The van der Waals surface area contributed by atoms with Crippen LogP contribution in [0.4, 0.5) is 0 Å². The van der Waals surface area contributed by atoms with E-state index >= 15 is 0 Å². The Morgan fingerprint density at radius 1 is 1.47 bits per heavy atom. The second-order valence-corrected chi connectivity index (χ2v) is 7.35. The second-order valence-electron chi connectivity index (χ2n) is 5.18. The molecule has 0 bridgehead atoms. The van der Waals surface area contributed by atoms with Crippen molar-refractivity contribution < 1.29 is 8.42 Å². The van der Waals surface area contributed by atoms with E-state index in [-0.39, 0.29) is 4.90 Å². The maximum Gasteiger partial charge on any atom is 0.240 e. The molecule has 1 atom stereocenters. The van der Waals surface area contributed by atoms with E-state index in [9.17, 15) is 8.42 Å². The monoisotopic (exact) mass is 302 g/mol. The molecule has 2 rings (SSSR count). The van der Waals surface area contributed by atoms with Gasteiger partial charge in [-0.1, -0.05) is 17.7 Å². The Morgan fingerprint density at radius 3 is 2.79 bits per heavy atom. The molecule has 4 nitrogen and oxygen atoms in total. The van der Waals surface area contributed by atoms with Gasteiger partial charge in [0.15, 0.2) is 0 Å². The SMILES string of the molecule is Cc1ccc(S(=O)(=O)NCC2CCN(C)C2)cc1Cl. The van der Waals surface area contributed by atoms with E-state index < -0.39 is 10.0 Å². The summed E-state index contributed by atoms with van der Waals surface area (Å²) in [6.45, 7) is 4.30. The zero-order valence-corrected chi connectivity index (χ0v) is 12.8. The molecule has 0 radical (unpaired) electrons. The fourth-order valence-electron chi connectivity index (χ4n) is 2.24. The summed E-state index contributed by atoms with van der Waals surface area (Å²) < 4.78 is 27.0. The maximum absolute atomic E-state index is 12.2. The van der Waals surface area contributed by atoms with Gasteiger partial charge in [-0.15, -0.1) is 0 Å². The van der Waals surface area contributed by atoms with Crippen molar-refractivity contribution >= 4 is 21.6 Å². The number of nitrogens with one attached hydrogen (secondary N) is 1. The van der Waals surface area contributed by atoms with Crippen molar-refractivity contribution in [2.24, 2.45) is 5.92 Å². The molecule has 1 fully saturated rings. The largest absolute Gasteiger partial charge is 0.306 e. The zero-order chi connectivity index (χ0) is 14.0. The van der Waals surface area contributed by atoms with Crippen LogP contribution in [0.1, 0.15) is 12.0 Å². The molecular formula is C13H19ClN2O2S. The zero-order valence-electron chi connectivity index (χ0n) is 11.2. The predicted octanol–water partition coefficient (Wildman–Crippen LogP) is 1.88. The molecule has 19 heavy (non-hydrogen) atoms. The van der Waals surface area contributed by atoms with Gasteiger partial charge in [0.25, 0.3) is 0 Å². The first-order valence-corrected chi connectivity index (χ1v) is 8.19. The Balaban J connectivity index is 2.03. The summed E-state index contributed by atoms with van der Waals surface area (Å²) in [4.78, 5) is 2.44. The highest BCUT2D eigenvalue weighted by Crippen LogP contribution is 2.20. The molecule has 1 saturated heterocycles. The Bertz CT molecular complexity index is 560. The number of hydrogen-bond acceptors (Lipinski definition) is 3. The van der Waals surface area contributed by atoms with E-state index in [1.54, 1.807) is 12.1 Å². The van der Waals surface area contributed by atoms with Gasteiger partial charge >= 0.3 is 0 Å². The third-order valence-corrected chi connectivity index (χ3v) is 5.33. The van der Waals surface area contributed by atoms with Crippen LogP contribution in [0.5, 0.6) is 0 Å². The average Bonchev–Trinajstić information content (AvgIpc) is 2.76. The molecule has 1 aliphatic rings. The van der Waals surface area contributed by atoms with Gasteiger partial charge in [0.1, 0.15) is 0 Å².